The zero-order valence-corrected chi connectivity index (χ0v) is 14.4. The fourth-order valence-electron chi connectivity index (χ4n) is 2.62. The maximum Gasteiger partial charge on any atom is 0.255 e. The van der Waals surface area contributed by atoms with Crippen molar-refractivity contribution in [3.8, 4) is 11.5 Å². The number of nitrogens with one attached hydrogen (secondary N) is 1. The van der Waals surface area contributed by atoms with Crippen LogP contribution in [0.25, 0.3) is 10.8 Å². The molecule has 0 saturated carbocycles. The number of ether oxygens (including phenoxy) is 2. The molecule has 3 N–H and O–H groups in total. The lowest BCUT2D eigenvalue weighted by Gasteiger charge is -2.10. The van der Waals surface area contributed by atoms with Crippen LogP contribution >= 0.6 is 0 Å². The van der Waals surface area contributed by atoms with E-state index in [0.29, 0.717) is 28.3 Å². The van der Waals surface area contributed by atoms with Gasteiger partial charge in [0.2, 0.25) is 5.91 Å². The average Bonchev–Trinajstić information content (AvgIpc) is 2.66. The molecule has 132 valence electrons. The number of hydrogen-bond acceptors (Lipinski definition) is 4. The number of amides is 2. The first-order valence-electron chi connectivity index (χ1n) is 7.88. The van der Waals surface area contributed by atoms with E-state index in [-0.39, 0.29) is 5.91 Å². The first-order chi connectivity index (χ1) is 12.5. The monoisotopic (exact) mass is 350 g/mol. The maximum atomic E-state index is 12.6. The lowest BCUT2D eigenvalue weighted by Crippen LogP contribution is -2.12. The molecular formula is C20H18N2O4. The van der Waals surface area contributed by atoms with Crippen LogP contribution in [0.2, 0.25) is 0 Å². The number of hydrogen-bond donors (Lipinski definition) is 2. The number of fused-ring (bicyclic) bond motifs is 1. The molecule has 6 heteroatoms. The molecule has 6 nitrogen and oxygen atoms in total. The molecule has 0 aliphatic heterocycles. The minimum absolute atomic E-state index is 0.263. The highest BCUT2D eigenvalue weighted by molar-refractivity contribution is 6.07. The molecule has 0 saturated heterocycles. The van der Waals surface area contributed by atoms with E-state index in [1.807, 2.05) is 0 Å². The first-order valence-corrected chi connectivity index (χ1v) is 7.88. The zero-order chi connectivity index (χ0) is 18.7. The van der Waals surface area contributed by atoms with Gasteiger partial charge in [0.1, 0.15) is 11.5 Å². The summed E-state index contributed by atoms with van der Waals surface area (Å²) in [5.74, 6) is 0.413. The Morgan fingerprint density at radius 2 is 1.35 bits per heavy atom. The minimum Gasteiger partial charge on any atom is -0.497 e. The lowest BCUT2D eigenvalue weighted by atomic mass is 10.0. The number of anilines is 1. The number of benzene rings is 3. The van der Waals surface area contributed by atoms with Gasteiger partial charge in [0.15, 0.2) is 0 Å². The molecule has 0 unspecified atom stereocenters. The summed E-state index contributed by atoms with van der Waals surface area (Å²) < 4.78 is 10.4. The minimum atomic E-state index is -0.485. The van der Waals surface area contributed by atoms with Crippen LogP contribution in [0.1, 0.15) is 20.7 Å². The Morgan fingerprint density at radius 1 is 0.808 bits per heavy atom. The normalized spacial score (nSPS) is 10.4. The Morgan fingerprint density at radius 3 is 1.88 bits per heavy atom. The van der Waals surface area contributed by atoms with Crippen molar-refractivity contribution in [2.45, 2.75) is 0 Å². The molecular weight excluding hydrogens is 332 g/mol. The van der Waals surface area contributed by atoms with Crippen molar-refractivity contribution in [2.24, 2.45) is 5.73 Å². The molecule has 0 bridgehead atoms. The molecule has 0 atom stereocenters. The van der Waals surface area contributed by atoms with E-state index in [1.165, 1.54) is 0 Å². The van der Waals surface area contributed by atoms with E-state index in [4.69, 9.17) is 15.2 Å². The summed E-state index contributed by atoms with van der Waals surface area (Å²) in [6.45, 7) is 0. The third kappa shape index (κ3) is 3.59. The first kappa shape index (κ1) is 17.3. The molecule has 2 amide bonds. The molecule has 0 heterocycles. The molecule has 0 aliphatic carbocycles. The Bertz CT molecular complexity index is 976. The smallest absolute Gasteiger partial charge is 0.255 e. The zero-order valence-electron chi connectivity index (χ0n) is 14.4. The van der Waals surface area contributed by atoms with Gasteiger partial charge >= 0.3 is 0 Å². The van der Waals surface area contributed by atoms with Crippen molar-refractivity contribution in [1.29, 1.82) is 0 Å². The average molecular weight is 350 g/mol. The Labute approximate surface area is 150 Å². The Hall–Kier alpha value is -3.54. The number of carbonyl (C=O) groups excluding carboxylic acids is 2. The van der Waals surface area contributed by atoms with Gasteiger partial charge in [0.05, 0.1) is 14.2 Å². The van der Waals surface area contributed by atoms with Gasteiger partial charge in [0, 0.05) is 35.0 Å². The molecule has 0 aliphatic rings. The van der Waals surface area contributed by atoms with Gasteiger partial charge in [-0.05, 0) is 35.0 Å². The van der Waals surface area contributed by atoms with Gasteiger partial charge in [-0.1, -0.05) is 12.1 Å². The van der Waals surface area contributed by atoms with Crippen molar-refractivity contribution in [3.05, 3.63) is 65.7 Å². The van der Waals surface area contributed by atoms with Crippen molar-refractivity contribution in [3.63, 3.8) is 0 Å². The van der Waals surface area contributed by atoms with Gasteiger partial charge in [-0.15, -0.1) is 0 Å². The van der Waals surface area contributed by atoms with E-state index in [0.717, 1.165) is 10.8 Å². The van der Waals surface area contributed by atoms with Crippen LogP contribution in [0.3, 0.4) is 0 Å². The van der Waals surface area contributed by atoms with Gasteiger partial charge in [-0.25, -0.2) is 0 Å². The highest BCUT2D eigenvalue weighted by Crippen LogP contribution is 2.26. The second kappa shape index (κ2) is 7.14. The molecule has 3 aromatic carbocycles. The number of primary amides is 1. The van der Waals surface area contributed by atoms with Gasteiger partial charge in [-0.2, -0.15) is 0 Å². The quantitative estimate of drug-likeness (QED) is 0.739. The largest absolute Gasteiger partial charge is 0.497 e. The van der Waals surface area contributed by atoms with Gasteiger partial charge < -0.3 is 20.5 Å². The molecule has 0 spiro atoms. The van der Waals surface area contributed by atoms with E-state index in [2.05, 4.69) is 5.32 Å². The van der Waals surface area contributed by atoms with Crippen LogP contribution in [0.15, 0.2) is 54.6 Å². The summed E-state index contributed by atoms with van der Waals surface area (Å²) in [5, 5.41) is 4.50. The fourth-order valence-corrected chi connectivity index (χ4v) is 2.62. The Balaban J connectivity index is 1.88. The number of carbonyl (C=O) groups is 2. The fraction of sp³-hybridized carbons (Fsp3) is 0.100. The SMILES string of the molecule is COc1cc(NC(=O)c2ccc3cc(C(N)=O)ccc3c2)cc(OC)c1. The van der Waals surface area contributed by atoms with E-state index >= 15 is 0 Å². The van der Waals surface area contributed by atoms with Crippen molar-refractivity contribution < 1.29 is 19.1 Å². The van der Waals surface area contributed by atoms with E-state index < -0.39 is 5.91 Å². The van der Waals surface area contributed by atoms with Crippen molar-refractivity contribution >= 4 is 28.3 Å². The summed E-state index contributed by atoms with van der Waals surface area (Å²) in [5.41, 5.74) is 6.78. The van der Waals surface area contributed by atoms with Crippen LogP contribution in [-0.2, 0) is 0 Å². The summed E-state index contributed by atoms with van der Waals surface area (Å²) in [4.78, 5) is 23.8. The van der Waals surface area contributed by atoms with Crippen LogP contribution in [0, 0.1) is 0 Å². The summed E-state index contributed by atoms with van der Waals surface area (Å²) in [7, 11) is 3.09. The van der Waals surface area contributed by atoms with E-state index in [9.17, 15) is 9.59 Å². The van der Waals surface area contributed by atoms with Crippen molar-refractivity contribution in [2.75, 3.05) is 19.5 Å². The summed E-state index contributed by atoms with van der Waals surface area (Å²) in [6, 6.07) is 15.5. The summed E-state index contributed by atoms with van der Waals surface area (Å²) >= 11 is 0. The van der Waals surface area contributed by atoms with Crippen LogP contribution in [0.4, 0.5) is 5.69 Å². The van der Waals surface area contributed by atoms with Gasteiger partial charge in [-0.3, -0.25) is 9.59 Å². The standard InChI is InChI=1S/C20H18N2O4/c1-25-17-9-16(10-18(11-17)26-2)22-20(24)15-6-4-12-7-14(19(21)23)5-3-13(12)8-15/h3-11H,1-2H3,(H2,21,23)(H,22,24). The second-order valence-corrected chi connectivity index (χ2v) is 5.70. The van der Waals surface area contributed by atoms with Crippen LogP contribution in [-0.4, -0.2) is 26.0 Å². The highest BCUT2D eigenvalue weighted by Gasteiger charge is 2.10. The molecule has 3 rings (SSSR count). The topological polar surface area (TPSA) is 90.6 Å². The van der Waals surface area contributed by atoms with Crippen molar-refractivity contribution in [1.82, 2.24) is 0 Å². The molecule has 0 radical (unpaired) electrons. The molecule has 26 heavy (non-hydrogen) atoms. The third-order valence-electron chi connectivity index (χ3n) is 4.00. The predicted molar refractivity (Wildman–Crippen MR) is 100.0 cm³/mol. The number of rotatable bonds is 5. The van der Waals surface area contributed by atoms with Crippen LogP contribution < -0.4 is 20.5 Å². The Kier molecular flexibility index (Phi) is 4.75. The molecule has 0 aromatic heterocycles. The molecule has 0 fully saturated rings. The third-order valence-corrected chi connectivity index (χ3v) is 4.00. The number of nitrogens with two attached hydrogens (primary N) is 1. The number of methoxy groups -OCH3 is 2. The lowest BCUT2D eigenvalue weighted by molar-refractivity contribution is 0.0997. The van der Waals surface area contributed by atoms with E-state index in [1.54, 1.807) is 68.8 Å². The second-order valence-electron chi connectivity index (χ2n) is 5.70. The predicted octanol–water partition coefficient (Wildman–Crippen LogP) is 3.21. The summed E-state index contributed by atoms with van der Waals surface area (Å²) in [6.07, 6.45) is 0. The van der Waals surface area contributed by atoms with Crippen LogP contribution in [0.5, 0.6) is 11.5 Å². The maximum absolute atomic E-state index is 12.6. The highest BCUT2D eigenvalue weighted by atomic mass is 16.5. The van der Waals surface area contributed by atoms with Gasteiger partial charge in [0.25, 0.3) is 5.91 Å². The molecule has 3 aromatic rings.